The van der Waals surface area contributed by atoms with Gasteiger partial charge in [-0.3, -0.25) is 10.3 Å². The third-order valence-electron chi connectivity index (χ3n) is 2.89. The fourth-order valence-corrected chi connectivity index (χ4v) is 2.89. The topological polar surface area (TPSA) is 54.0 Å². The van der Waals surface area contributed by atoms with E-state index >= 15 is 0 Å². The van der Waals surface area contributed by atoms with E-state index in [0.29, 0.717) is 10.7 Å². The van der Waals surface area contributed by atoms with Crippen LogP contribution in [-0.2, 0) is 0 Å². The number of carbonyl (C=O) groups excluding carboxylic acids is 1. The second-order valence-corrected chi connectivity index (χ2v) is 6.01. The Morgan fingerprint density at radius 2 is 1.86 bits per heavy atom. The number of hydrogen-bond donors (Lipinski definition) is 2. The van der Waals surface area contributed by atoms with E-state index in [2.05, 4.69) is 15.6 Å². The van der Waals surface area contributed by atoms with Crippen molar-refractivity contribution in [1.82, 2.24) is 4.98 Å². The molecule has 0 unspecified atom stereocenters. The van der Waals surface area contributed by atoms with Crippen LogP contribution < -0.4 is 10.6 Å². The maximum Gasteiger partial charge on any atom is 0.324 e. The summed E-state index contributed by atoms with van der Waals surface area (Å²) in [4.78, 5) is 17.1. The summed E-state index contributed by atoms with van der Waals surface area (Å²) in [6.45, 7) is 0. The number of anilines is 2. The highest BCUT2D eigenvalue weighted by Crippen LogP contribution is 2.30. The van der Waals surface area contributed by atoms with Gasteiger partial charge < -0.3 is 5.32 Å². The van der Waals surface area contributed by atoms with Crippen molar-refractivity contribution in [2.45, 2.75) is 0 Å². The Labute approximate surface area is 136 Å². The molecule has 2 amide bonds. The van der Waals surface area contributed by atoms with Crippen molar-refractivity contribution in [2.24, 2.45) is 0 Å². The number of urea groups is 1. The van der Waals surface area contributed by atoms with Crippen LogP contribution in [0.1, 0.15) is 0 Å². The molecular formula is C16H12ClN3OS. The molecule has 0 atom stereocenters. The van der Waals surface area contributed by atoms with Crippen LogP contribution in [0, 0.1) is 0 Å². The smallest absolute Gasteiger partial charge is 0.308 e. The number of aromatic nitrogens is 1. The summed E-state index contributed by atoms with van der Waals surface area (Å²) >= 11 is 7.30. The lowest BCUT2D eigenvalue weighted by atomic mass is 10.2. The van der Waals surface area contributed by atoms with Crippen molar-refractivity contribution in [3.05, 3.63) is 65.9 Å². The van der Waals surface area contributed by atoms with Crippen LogP contribution in [0.5, 0.6) is 0 Å². The molecule has 22 heavy (non-hydrogen) atoms. The number of halogens is 1. The van der Waals surface area contributed by atoms with Crippen LogP contribution in [0.25, 0.3) is 10.4 Å². The Morgan fingerprint density at radius 3 is 2.59 bits per heavy atom. The zero-order valence-corrected chi connectivity index (χ0v) is 13.0. The van der Waals surface area contributed by atoms with E-state index in [9.17, 15) is 4.79 Å². The molecule has 6 heteroatoms. The van der Waals surface area contributed by atoms with Crippen LogP contribution >= 0.6 is 22.9 Å². The molecule has 0 aliphatic carbocycles. The Kier molecular flexibility index (Phi) is 4.37. The molecule has 0 spiro atoms. The predicted molar refractivity (Wildman–Crippen MR) is 91.6 cm³/mol. The largest absolute Gasteiger partial charge is 0.324 e. The van der Waals surface area contributed by atoms with Crippen LogP contribution in [0.3, 0.4) is 0 Å². The Morgan fingerprint density at radius 1 is 1.05 bits per heavy atom. The van der Waals surface area contributed by atoms with Crippen LogP contribution in [-0.4, -0.2) is 11.0 Å². The molecule has 0 bridgehead atoms. The highest BCUT2D eigenvalue weighted by atomic mass is 35.5. The van der Waals surface area contributed by atoms with E-state index in [1.807, 2.05) is 24.3 Å². The van der Waals surface area contributed by atoms with Crippen LogP contribution in [0.15, 0.2) is 60.9 Å². The third kappa shape index (κ3) is 3.63. The summed E-state index contributed by atoms with van der Waals surface area (Å²) < 4.78 is 0. The van der Waals surface area contributed by atoms with Gasteiger partial charge in [0.25, 0.3) is 0 Å². The molecule has 0 fully saturated rings. The molecule has 0 aliphatic rings. The first-order valence-electron chi connectivity index (χ1n) is 6.54. The van der Waals surface area contributed by atoms with Gasteiger partial charge in [0.05, 0.1) is 5.00 Å². The molecule has 0 radical (unpaired) electrons. The minimum atomic E-state index is -0.290. The second kappa shape index (κ2) is 6.60. The minimum absolute atomic E-state index is 0.290. The Balaban J connectivity index is 1.65. The molecule has 2 heterocycles. The maximum atomic E-state index is 12.0. The van der Waals surface area contributed by atoms with Crippen molar-refractivity contribution < 1.29 is 4.79 Å². The SMILES string of the molecule is O=C(Nc1ccc(Cl)cc1)Nc1ccc(-c2cccnc2)s1. The number of carbonyl (C=O) groups is 1. The van der Waals surface area contributed by atoms with Gasteiger partial charge in [0.2, 0.25) is 0 Å². The van der Waals surface area contributed by atoms with Gasteiger partial charge in [0.15, 0.2) is 0 Å². The molecule has 3 rings (SSSR count). The molecule has 0 saturated heterocycles. The van der Waals surface area contributed by atoms with Crippen LogP contribution in [0.2, 0.25) is 5.02 Å². The standard InChI is InChI=1S/C16H12ClN3OS/c17-12-3-5-13(6-4-12)19-16(21)20-15-8-7-14(22-15)11-2-1-9-18-10-11/h1-10H,(H2,19,20,21). The lowest BCUT2D eigenvalue weighted by Gasteiger charge is -2.05. The first kappa shape index (κ1) is 14.6. The van der Waals surface area contributed by atoms with Crippen molar-refractivity contribution in [3.63, 3.8) is 0 Å². The van der Waals surface area contributed by atoms with E-state index in [1.54, 1.807) is 36.7 Å². The van der Waals surface area contributed by atoms with Crippen molar-refractivity contribution >= 4 is 39.7 Å². The van der Waals surface area contributed by atoms with Crippen molar-refractivity contribution in [3.8, 4) is 10.4 Å². The Bertz CT molecular complexity index is 772. The summed E-state index contributed by atoms with van der Waals surface area (Å²) in [5, 5.41) is 6.96. The molecule has 0 saturated carbocycles. The predicted octanol–water partition coefficient (Wildman–Crippen LogP) is 5.11. The first-order chi connectivity index (χ1) is 10.7. The molecule has 110 valence electrons. The zero-order valence-electron chi connectivity index (χ0n) is 11.4. The average molecular weight is 330 g/mol. The third-order valence-corrected chi connectivity index (χ3v) is 4.19. The molecule has 1 aromatic carbocycles. The summed E-state index contributed by atoms with van der Waals surface area (Å²) in [7, 11) is 0. The number of benzene rings is 1. The van der Waals surface area contributed by atoms with Gasteiger partial charge in [-0.15, -0.1) is 11.3 Å². The zero-order chi connectivity index (χ0) is 15.4. The van der Waals surface area contributed by atoms with E-state index < -0.39 is 0 Å². The number of amides is 2. The molecule has 0 aliphatic heterocycles. The number of nitrogens with zero attached hydrogens (tertiary/aromatic N) is 1. The number of pyridine rings is 1. The van der Waals surface area contributed by atoms with Crippen molar-refractivity contribution in [1.29, 1.82) is 0 Å². The highest BCUT2D eigenvalue weighted by molar-refractivity contribution is 7.19. The molecule has 2 aromatic heterocycles. The van der Waals surface area contributed by atoms with E-state index in [1.165, 1.54) is 11.3 Å². The molecular weight excluding hydrogens is 318 g/mol. The van der Waals surface area contributed by atoms with Crippen molar-refractivity contribution in [2.75, 3.05) is 10.6 Å². The van der Waals surface area contributed by atoms with Gasteiger partial charge in [-0.2, -0.15) is 0 Å². The fraction of sp³-hybridized carbons (Fsp3) is 0. The normalized spacial score (nSPS) is 10.2. The number of nitrogens with one attached hydrogen (secondary N) is 2. The van der Waals surface area contributed by atoms with Gasteiger partial charge in [0, 0.05) is 33.5 Å². The minimum Gasteiger partial charge on any atom is -0.308 e. The quantitative estimate of drug-likeness (QED) is 0.701. The van der Waals surface area contributed by atoms with Gasteiger partial charge in [-0.1, -0.05) is 17.7 Å². The second-order valence-electron chi connectivity index (χ2n) is 4.49. The number of rotatable bonds is 3. The maximum absolute atomic E-state index is 12.0. The summed E-state index contributed by atoms with van der Waals surface area (Å²) in [6.07, 6.45) is 3.53. The van der Waals surface area contributed by atoms with E-state index in [-0.39, 0.29) is 6.03 Å². The molecule has 4 nitrogen and oxygen atoms in total. The highest BCUT2D eigenvalue weighted by Gasteiger charge is 2.06. The first-order valence-corrected chi connectivity index (χ1v) is 7.74. The molecule has 2 N–H and O–H groups in total. The number of hydrogen-bond acceptors (Lipinski definition) is 3. The van der Waals surface area contributed by atoms with Crippen LogP contribution in [0.4, 0.5) is 15.5 Å². The van der Waals surface area contributed by atoms with Gasteiger partial charge >= 0.3 is 6.03 Å². The fourth-order valence-electron chi connectivity index (χ4n) is 1.88. The lowest BCUT2D eigenvalue weighted by molar-refractivity contribution is 0.262. The number of thiophene rings is 1. The molecule has 3 aromatic rings. The Hall–Kier alpha value is -2.37. The van der Waals surface area contributed by atoms with Gasteiger partial charge in [-0.25, -0.2) is 4.79 Å². The van der Waals surface area contributed by atoms with E-state index in [4.69, 9.17) is 11.6 Å². The van der Waals surface area contributed by atoms with E-state index in [0.717, 1.165) is 15.4 Å². The van der Waals surface area contributed by atoms with Gasteiger partial charge in [-0.05, 0) is 42.5 Å². The monoisotopic (exact) mass is 329 g/mol. The van der Waals surface area contributed by atoms with Gasteiger partial charge in [0.1, 0.15) is 0 Å². The lowest BCUT2D eigenvalue weighted by Crippen LogP contribution is -2.18. The summed E-state index contributed by atoms with van der Waals surface area (Å²) in [6, 6.07) is 14.3. The summed E-state index contributed by atoms with van der Waals surface area (Å²) in [5.41, 5.74) is 1.71. The summed E-state index contributed by atoms with van der Waals surface area (Å²) in [5.74, 6) is 0. The average Bonchev–Trinajstić information content (AvgIpc) is 2.99.